The Hall–Kier alpha value is -0.720. The third-order valence-electron chi connectivity index (χ3n) is 1.11. The molecule has 0 unspecified atom stereocenters. The fourth-order valence-corrected chi connectivity index (χ4v) is 1.04. The van der Waals surface area contributed by atoms with E-state index in [-0.39, 0.29) is 11.9 Å². The van der Waals surface area contributed by atoms with Crippen molar-refractivity contribution in [3.8, 4) is 0 Å². The number of aromatic nitrogens is 2. The SMILES string of the molecule is CS(=O)(=O)OCc1cnc(Cl)nc1. The van der Waals surface area contributed by atoms with E-state index in [1.54, 1.807) is 0 Å². The summed E-state index contributed by atoms with van der Waals surface area (Å²) in [4.78, 5) is 7.32. The first kappa shape index (κ1) is 10.4. The highest BCUT2D eigenvalue weighted by atomic mass is 35.5. The number of nitrogens with zero attached hydrogens (tertiary/aromatic N) is 2. The van der Waals surface area contributed by atoms with Crippen LogP contribution in [0.5, 0.6) is 0 Å². The van der Waals surface area contributed by atoms with Gasteiger partial charge in [0, 0.05) is 18.0 Å². The number of rotatable bonds is 3. The van der Waals surface area contributed by atoms with Crippen molar-refractivity contribution in [2.45, 2.75) is 6.61 Å². The summed E-state index contributed by atoms with van der Waals surface area (Å²) in [6, 6.07) is 0. The monoisotopic (exact) mass is 222 g/mol. The summed E-state index contributed by atoms with van der Waals surface area (Å²) in [7, 11) is -3.42. The molecule has 0 fully saturated rings. The molecule has 1 aromatic rings. The lowest BCUT2D eigenvalue weighted by atomic mass is 10.4. The van der Waals surface area contributed by atoms with Gasteiger partial charge in [-0.25, -0.2) is 9.97 Å². The molecular weight excluding hydrogens is 216 g/mol. The highest BCUT2D eigenvalue weighted by molar-refractivity contribution is 7.85. The molecule has 1 aromatic heterocycles. The first-order valence-electron chi connectivity index (χ1n) is 3.28. The number of hydrogen-bond donors (Lipinski definition) is 0. The molecule has 1 rings (SSSR count). The van der Waals surface area contributed by atoms with Gasteiger partial charge in [-0.05, 0) is 11.6 Å². The van der Waals surface area contributed by atoms with Crippen molar-refractivity contribution in [3.05, 3.63) is 23.2 Å². The van der Waals surface area contributed by atoms with Crippen molar-refractivity contribution >= 4 is 21.7 Å². The lowest BCUT2D eigenvalue weighted by molar-refractivity contribution is 0.311. The predicted molar refractivity (Wildman–Crippen MR) is 46.7 cm³/mol. The van der Waals surface area contributed by atoms with Crippen molar-refractivity contribution in [1.82, 2.24) is 9.97 Å². The maximum absolute atomic E-state index is 10.6. The average Bonchev–Trinajstić information content (AvgIpc) is 2.02. The summed E-state index contributed by atoms with van der Waals surface area (Å²) in [6.45, 7) is -0.0734. The van der Waals surface area contributed by atoms with Crippen LogP contribution in [0.3, 0.4) is 0 Å². The van der Waals surface area contributed by atoms with Gasteiger partial charge in [0.15, 0.2) is 0 Å². The number of halogens is 1. The van der Waals surface area contributed by atoms with Gasteiger partial charge in [-0.2, -0.15) is 8.42 Å². The summed E-state index contributed by atoms with van der Waals surface area (Å²) in [5.74, 6) is 0. The van der Waals surface area contributed by atoms with Gasteiger partial charge >= 0.3 is 0 Å². The van der Waals surface area contributed by atoms with Gasteiger partial charge in [0.05, 0.1) is 12.9 Å². The highest BCUT2D eigenvalue weighted by Gasteiger charge is 2.02. The van der Waals surface area contributed by atoms with E-state index in [1.165, 1.54) is 12.4 Å². The van der Waals surface area contributed by atoms with Crippen molar-refractivity contribution in [2.24, 2.45) is 0 Å². The van der Waals surface area contributed by atoms with Crippen molar-refractivity contribution in [3.63, 3.8) is 0 Å². The van der Waals surface area contributed by atoms with E-state index in [9.17, 15) is 8.42 Å². The van der Waals surface area contributed by atoms with Crippen molar-refractivity contribution < 1.29 is 12.6 Å². The molecule has 0 radical (unpaired) electrons. The van der Waals surface area contributed by atoms with E-state index in [2.05, 4.69) is 14.2 Å². The van der Waals surface area contributed by atoms with Gasteiger partial charge in [0.1, 0.15) is 0 Å². The molecule has 72 valence electrons. The lowest BCUT2D eigenvalue weighted by Gasteiger charge is -1.99. The maximum Gasteiger partial charge on any atom is 0.264 e. The summed E-state index contributed by atoms with van der Waals surface area (Å²) in [6.07, 6.45) is 3.78. The Balaban J connectivity index is 2.61. The zero-order valence-corrected chi connectivity index (χ0v) is 8.34. The van der Waals surface area contributed by atoms with Crippen LogP contribution in [-0.4, -0.2) is 24.6 Å². The van der Waals surface area contributed by atoms with Gasteiger partial charge < -0.3 is 0 Å². The summed E-state index contributed by atoms with van der Waals surface area (Å²) in [5.41, 5.74) is 0.551. The van der Waals surface area contributed by atoms with Crippen LogP contribution in [-0.2, 0) is 20.9 Å². The topological polar surface area (TPSA) is 69.2 Å². The molecular formula is C6H7ClN2O3S. The second-order valence-corrected chi connectivity index (χ2v) is 4.31. The van der Waals surface area contributed by atoms with Gasteiger partial charge in [-0.3, -0.25) is 4.18 Å². The lowest BCUT2D eigenvalue weighted by Crippen LogP contribution is -2.03. The fourth-order valence-electron chi connectivity index (χ4n) is 0.589. The van der Waals surface area contributed by atoms with Crippen molar-refractivity contribution in [1.29, 1.82) is 0 Å². The van der Waals surface area contributed by atoms with E-state index >= 15 is 0 Å². The fraction of sp³-hybridized carbons (Fsp3) is 0.333. The molecule has 0 saturated heterocycles. The van der Waals surface area contributed by atoms with Crippen LogP contribution < -0.4 is 0 Å². The quantitative estimate of drug-likeness (QED) is 0.554. The summed E-state index contributed by atoms with van der Waals surface area (Å²) in [5, 5.41) is 0.114. The molecule has 0 bridgehead atoms. The van der Waals surface area contributed by atoms with E-state index < -0.39 is 10.1 Å². The van der Waals surface area contributed by atoms with E-state index in [0.717, 1.165) is 6.26 Å². The van der Waals surface area contributed by atoms with Gasteiger partial charge in [0.25, 0.3) is 10.1 Å². The van der Waals surface area contributed by atoms with Crippen molar-refractivity contribution in [2.75, 3.05) is 6.26 Å². The molecule has 0 spiro atoms. The zero-order valence-electron chi connectivity index (χ0n) is 6.77. The first-order valence-corrected chi connectivity index (χ1v) is 5.47. The molecule has 0 atom stereocenters. The first-order chi connectivity index (χ1) is 5.97. The van der Waals surface area contributed by atoms with Gasteiger partial charge in [-0.1, -0.05) is 0 Å². The molecule has 0 aromatic carbocycles. The number of hydrogen-bond acceptors (Lipinski definition) is 5. The minimum Gasteiger partial charge on any atom is -0.265 e. The molecule has 0 amide bonds. The van der Waals surface area contributed by atoms with Crippen LogP contribution in [0.15, 0.2) is 12.4 Å². The molecule has 0 N–H and O–H groups in total. The molecule has 0 saturated carbocycles. The normalized spacial score (nSPS) is 11.5. The molecule has 1 heterocycles. The summed E-state index contributed by atoms with van der Waals surface area (Å²) >= 11 is 5.42. The summed E-state index contributed by atoms with van der Waals surface area (Å²) < 4.78 is 25.7. The Morgan fingerprint density at radius 1 is 1.46 bits per heavy atom. The standard InChI is InChI=1S/C6H7ClN2O3S/c1-13(10,11)12-4-5-2-8-6(7)9-3-5/h2-3H,4H2,1H3. The third-order valence-corrected chi connectivity index (χ3v) is 1.85. The minimum absolute atomic E-state index is 0.0734. The van der Waals surface area contributed by atoms with E-state index in [0.29, 0.717) is 5.56 Å². The smallest absolute Gasteiger partial charge is 0.264 e. The van der Waals surface area contributed by atoms with Gasteiger partial charge in [0.2, 0.25) is 5.28 Å². The van der Waals surface area contributed by atoms with Crippen LogP contribution in [0.2, 0.25) is 5.28 Å². The predicted octanol–water partition coefficient (Wildman–Crippen LogP) is 0.606. The third kappa shape index (κ3) is 4.16. The second kappa shape index (κ2) is 3.99. The van der Waals surface area contributed by atoms with Crippen LogP contribution in [0.1, 0.15) is 5.56 Å². The van der Waals surface area contributed by atoms with E-state index in [4.69, 9.17) is 11.6 Å². The highest BCUT2D eigenvalue weighted by Crippen LogP contribution is 2.03. The minimum atomic E-state index is -3.42. The molecule has 13 heavy (non-hydrogen) atoms. The molecule has 7 heteroatoms. The Kier molecular flexibility index (Phi) is 3.18. The zero-order chi connectivity index (χ0) is 9.90. The maximum atomic E-state index is 10.6. The second-order valence-electron chi connectivity index (χ2n) is 2.33. The van der Waals surface area contributed by atoms with Crippen LogP contribution in [0, 0.1) is 0 Å². The molecule has 0 aliphatic rings. The average molecular weight is 223 g/mol. The molecule has 0 aliphatic heterocycles. The molecule has 5 nitrogen and oxygen atoms in total. The van der Waals surface area contributed by atoms with Crippen LogP contribution >= 0.6 is 11.6 Å². The Morgan fingerprint density at radius 2 is 2.00 bits per heavy atom. The Bertz CT molecular complexity index is 375. The van der Waals surface area contributed by atoms with E-state index in [1.807, 2.05) is 0 Å². The van der Waals surface area contributed by atoms with Gasteiger partial charge in [-0.15, -0.1) is 0 Å². The largest absolute Gasteiger partial charge is 0.265 e. The van der Waals surface area contributed by atoms with Crippen LogP contribution in [0.4, 0.5) is 0 Å². The van der Waals surface area contributed by atoms with Crippen LogP contribution in [0.25, 0.3) is 0 Å². The molecule has 0 aliphatic carbocycles. The Morgan fingerprint density at radius 3 is 2.46 bits per heavy atom. The Labute approximate surface area is 80.9 Å².